The first-order chi connectivity index (χ1) is 7.20. The fraction of sp³-hybridized carbons (Fsp3) is 0.417. The molecule has 0 spiro atoms. The van der Waals surface area contributed by atoms with E-state index in [1.807, 2.05) is 6.07 Å². The summed E-state index contributed by atoms with van der Waals surface area (Å²) >= 11 is 0. The molecule has 0 amide bonds. The second-order valence-electron chi connectivity index (χ2n) is 4.03. The van der Waals surface area contributed by atoms with Crippen LogP contribution in [0.2, 0.25) is 0 Å². The van der Waals surface area contributed by atoms with Gasteiger partial charge >= 0.3 is 0 Å². The lowest BCUT2D eigenvalue weighted by atomic mass is 10.2. The third kappa shape index (κ3) is 2.02. The topological polar surface area (TPSA) is 54.7 Å². The Morgan fingerprint density at radius 1 is 1.47 bits per heavy atom. The van der Waals surface area contributed by atoms with E-state index in [9.17, 15) is 0 Å². The van der Waals surface area contributed by atoms with Gasteiger partial charge in [-0.1, -0.05) is 19.1 Å². The maximum Gasteiger partial charge on any atom is 0.108 e. The highest BCUT2D eigenvalue weighted by Crippen LogP contribution is 2.16. The molecule has 0 aliphatic rings. The Kier molecular flexibility index (Phi) is 2.73. The molecule has 3 N–H and O–H groups in total. The first-order valence-electron chi connectivity index (χ1n) is 5.40. The number of aromatic amines is 1. The van der Waals surface area contributed by atoms with E-state index in [-0.39, 0.29) is 6.04 Å². The number of hydrogen-bond donors (Lipinski definition) is 2. The molecule has 0 saturated carbocycles. The van der Waals surface area contributed by atoms with E-state index in [0.29, 0.717) is 0 Å². The number of imidazole rings is 1. The van der Waals surface area contributed by atoms with Crippen molar-refractivity contribution in [2.75, 3.05) is 0 Å². The molecule has 0 aliphatic heterocycles. The molecule has 80 valence electrons. The monoisotopic (exact) mass is 203 g/mol. The molecule has 1 aromatic carbocycles. The van der Waals surface area contributed by atoms with Crippen LogP contribution in [-0.2, 0) is 6.42 Å². The van der Waals surface area contributed by atoms with Gasteiger partial charge in [-0.05, 0) is 25.0 Å². The molecular formula is C12H17N3. The van der Waals surface area contributed by atoms with Crippen molar-refractivity contribution in [1.29, 1.82) is 0 Å². The average molecular weight is 203 g/mol. The van der Waals surface area contributed by atoms with Gasteiger partial charge in [-0.2, -0.15) is 0 Å². The number of fused-ring (bicyclic) bond motifs is 1. The van der Waals surface area contributed by atoms with Gasteiger partial charge in [0.25, 0.3) is 0 Å². The van der Waals surface area contributed by atoms with Gasteiger partial charge in [-0.15, -0.1) is 0 Å². The van der Waals surface area contributed by atoms with Gasteiger partial charge in [0, 0.05) is 12.5 Å². The molecule has 1 atom stereocenters. The van der Waals surface area contributed by atoms with Crippen LogP contribution in [0, 0.1) is 6.92 Å². The molecule has 2 aromatic rings. The van der Waals surface area contributed by atoms with Crippen molar-refractivity contribution in [1.82, 2.24) is 9.97 Å². The zero-order valence-electron chi connectivity index (χ0n) is 9.25. The van der Waals surface area contributed by atoms with Crippen molar-refractivity contribution in [3.63, 3.8) is 0 Å². The van der Waals surface area contributed by atoms with Crippen molar-refractivity contribution < 1.29 is 0 Å². The van der Waals surface area contributed by atoms with Gasteiger partial charge in [0.1, 0.15) is 5.82 Å². The molecule has 0 bridgehead atoms. The van der Waals surface area contributed by atoms with Crippen LogP contribution in [-0.4, -0.2) is 16.0 Å². The van der Waals surface area contributed by atoms with Crippen molar-refractivity contribution in [2.45, 2.75) is 32.7 Å². The summed E-state index contributed by atoms with van der Waals surface area (Å²) in [5.41, 5.74) is 9.28. The summed E-state index contributed by atoms with van der Waals surface area (Å²) in [6, 6.07) is 6.37. The fourth-order valence-electron chi connectivity index (χ4n) is 1.72. The van der Waals surface area contributed by atoms with Gasteiger partial charge in [-0.3, -0.25) is 0 Å². The Morgan fingerprint density at radius 2 is 2.27 bits per heavy atom. The molecule has 0 saturated heterocycles. The third-order valence-corrected chi connectivity index (χ3v) is 2.74. The van der Waals surface area contributed by atoms with E-state index < -0.39 is 0 Å². The van der Waals surface area contributed by atoms with Crippen LogP contribution >= 0.6 is 0 Å². The number of benzene rings is 1. The zero-order chi connectivity index (χ0) is 10.8. The maximum atomic E-state index is 5.90. The first kappa shape index (κ1) is 10.2. The summed E-state index contributed by atoms with van der Waals surface area (Å²) in [5.74, 6) is 0.994. The molecule has 2 rings (SSSR count). The normalized spacial score (nSPS) is 13.3. The van der Waals surface area contributed by atoms with E-state index in [4.69, 9.17) is 5.73 Å². The summed E-state index contributed by atoms with van der Waals surface area (Å²) in [5, 5.41) is 0. The molecule has 1 aromatic heterocycles. The van der Waals surface area contributed by atoms with Crippen LogP contribution in [0.25, 0.3) is 11.0 Å². The lowest BCUT2D eigenvalue weighted by Crippen LogP contribution is -2.21. The van der Waals surface area contributed by atoms with Crippen LogP contribution in [0.1, 0.15) is 24.7 Å². The van der Waals surface area contributed by atoms with Crippen LogP contribution in [0.4, 0.5) is 0 Å². The van der Waals surface area contributed by atoms with Crippen LogP contribution < -0.4 is 5.73 Å². The summed E-state index contributed by atoms with van der Waals surface area (Å²) in [7, 11) is 0. The summed E-state index contributed by atoms with van der Waals surface area (Å²) in [4.78, 5) is 7.88. The Bertz CT molecular complexity index is 459. The minimum absolute atomic E-state index is 0.200. The highest BCUT2D eigenvalue weighted by atomic mass is 14.9. The fourth-order valence-corrected chi connectivity index (χ4v) is 1.72. The van der Waals surface area contributed by atoms with Gasteiger partial charge in [0.05, 0.1) is 11.0 Å². The number of nitrogens with zero attached hydrogens (tertiary/aromatic N) is 1. The molecule has 1 unspecified atom stereocenters. The number of rotatable bonds is 3. The van der Waals surface area contributed by atoms with Crippen molar-refractivity contribution >= 4 is 11.0 Å². The lowest BCUT2D eigenvalue weighted by Gasteiger charge is -2.04. The SMILES string of the molecule is CCC(N)Cc1nc2c(C)cccc2[nH]1. The van der Waals surface area contributed by atoms with Crippen LogP contribution in [0.15, 0.2) is 18.2 Å². The Labute approximate surface area is 89.7 Å². The summed E-state index contributed by atoms with van der Waals surface area (Å²) < 4.78 is 0. The van der Waals surface area contributed by atoms with E-state index in [0.717, 1.165) is 29.7 Å². The van der Waals surface area contributed by atoms with E-state index in [1.54, 1.807) is 0 Å². The largest absolute Gasteiger partial charge is 0.342 e. The Morgan fingerprint density at radius 3 is 2.93 bits per heavy atom. The molecule has 1 heterocycles. The number of H-pyrrole nitrogens is 1. The number of nitrogens with one attached hydrogen (secondary N) is 1. The quantitative estimate of drug-likeness (QED) is 0.803. The Balaban J connectivity index is 2.35. The van der Waals surface area contributed by atoms with Gasteiger partial charge in [-0.25, -0.2) is 4.98 Å². The first-order valence-corrected chi connectivity index (χ1v) is 5.40. The average Bonchev–Trinajstić information content (AvgIpc) is 2.62. The zero-order valence-corrected chi connectivity index (χ0v) is 9.25. The van der Waals surface area contributed by atoms with E-state index in [2.05, 4.69) is 35.9 Å². The minimum atomic E-state index is 0.200. The maximum absolute atomic E-state index is 5.90. The van der Waals surface area contributed by atoms with Crippen molar-refractivity contribution in [2.24, 2.45) is 5.73 Å². The second kappa shape index (κ2) is 4.03. The minimum Gasteiger partial charge on any atom is -0.342 e. The number of aromatic nitrogens is 2. The predicted molar refractivity (Wildman–Crippen MR) is 62.8 cm³/mol. The molecular weight excluding hydrogens is 186 g/mol. The highest BCUT2D eigenvalue weighted by molar-refractivity contribution is 5.78. The standard InChI is InChI=1S/C12H17N3/c1-3-9(13)7-11-14-10-6-4-5-8(2)12(10)15-11/h4-6,9H,3,7,13H2,1-2H3,(H,14,15). The number of aryl methyl sites for hydroxylation is 1. The van der Waals surface area contributed by atoms with Crippen molar-refractivity contribution in [3.8, 4) is 0 Å². The summed E-state index contributed by atoms with van der Waals surface area (Å²) in [6.07, 6.45) is 1.81. The van der Waals surface area contributed by atoms with Gasteiger partial charge < -0.3 is 10.7 Å². The van der Waals surface area contributed by atoms with Gasteiger partial charge in [0.15, 0.2) is 0 Å². The summed E-state index contributed by atoms with van der Waals surface area (Å²) in [6.45, 7) is 4.17. The predicted octanol–water partition coefficient (Wildman–Crippen LogP) is 2.15. The molecule has 3 nitrogen and oxygen atoms in total. The van der Waals surface area contributed by atoms with Crippen LogP contribution in [0.5, 0.6) is 0 Å². The highest BCUT2D eigenvalue weighted by Gasteiger charge is 2.07. The number of nitrogens with two attached hydrogens (primary N) is 1. The number of para-hydroxylation sites is 1. The molecule has 0 fully saturated rings. The second-order valence-corrected chi connectivity index (χ2v) is 4.03. The van der Waals surface area contributed by atoms with E-state index in [1.165, 1.54) is 5.56 Å². The smallest absolute Gasteiger partial charge is 0.108 e. The van der Waals surface area contributed by atoms with E-state index >= 15 is 0 Å². The van der Waals surface area contributed by atoms with Gasteiger partial charge in [0.2, 0.25) is 0 Å². The van der Waals surface area contributed by atoms with Crippen LogP contribution in [0.3, 0.4) is 0 Å². The molecule has 15 heavy (non-hydrogen) atoms. The lowest BCUT2D eigenvalue weighted by molar-refractivity contribution is 0.630. The molecule has 0 radical (unpaired) electrons. The molecule has 0 aliphatic carbocycles. The Hall–Kier alpha value is -1.35. The molecule has 3 heteroatoms. The number of hydrogen-bond acceptors (Lipinski definition) is 2. The third-order valence-electron chi connectivity index (χ3n) is 2.74. The van der Waals surface area contributed by atoms with Crippen molar-refractivity contribution in [3.05, 3.63) is 29.6 Å².